The number of thiazole rings is 1. The number of carbonyl (C=O) groups is 1. The number of ether oxygens (including phenoxy) is 1. The first-order chi connectivity index (χ1) is 14.5. The van der Waals surface area contributed by atoms with Gasteiger partial charge in [-0.25, -0.2) is 4.98 Å². The molecule has 0 aliphatic rings. The van der Waals surface area contributed by atoms with Crippen LogP contribution in [0.5, 0.6) is 5.75 Å². The van der Waals surface area contributed by atoms with Crippen molar-refractivity contribution in [2.45, 2.75) is 13.8 Å². The molecule has 0 fully saturated rings. The number of hydrogen-bond donors (Lipinski definition) is 1. The van der Waals surface area contributed by atoms with Gasteiger partial charge in [-0.1, -0.05) is 35.9 Å². The number of benzene rings is 2. The van der Waals surface area contributed by atoms with E-state index in [4.69, 9.17) is 16.3 Å². The predicted octanol–water partition coefficient (Wildman–Crippen LogP) is 5.28. The lowest BCUT2D eigenvalue weighted by atomic mass is 10.2. The maximum absolute atomic E-state index is 12.4. The zero-order valence-corrected chi connectivity index (χ0v) is 18.0. The molecule has 0 radical (unpaired) electrons. The number of carbonyl (C=O) groups excluding carboxylic acids is 1. The van der Waals surface area contributed by atoms with Crippen LogP contribution in [-0.4, -0.2) is 27.3 Å². The first kappa shape index (κ1) is 20.1. The van der Waals surface area contributed by atoms with Crippen LogP contribution in [0.3, 0.4) is 0 Å². The summed E-state index contributed by atoms with van der Waals surface area (Å²) in [6.07, 6.45) is 0. The summed E-state index contributed by atoms with van der Waals surface area (Å²) in [5.41, 5.74) is 3.62. The molecule has 2 aromatic heterocycles. The van der Waals surface area contributed by atoms with E-state index in [2.05, 4.69) is 15.4 Å². The van der Waals surface area contributed by atoms with Crippen molar-refractivity contribution in [1.29, 1.82) is 0 Å². The second-order valence-electron chi connectivity index (χ2n) is 6.76. The van der Waals surface area contributed by atoms with Crippen molar-refractivity contribution in [2.24, 2.45) is 0 Å². The average molecular weight is 439 g/mol. The zero-order chi connectivity index (χ0) is 21.1. The Morgan fingerprint density at radius 1 is 1.17 bits per heavy atom. The van der Waals surface area contributed by atoms with Gasteiger partial charge in [0.25, 0.3) is 5.91 Å². The minimum Gasteiger partial charge on any atom is -0.484 e. The first-order valence-corrected chi connectivity index (χ1v) is 10.5. The smallest absolute Gasteiger partial charge is 0.263 e. The second-order valence-corrected chi connectivity index (χ2v) is 8.03. The molecule has 4 aromatic rings. The molecule has 30 heavy (non-hydrogen) atoms. The zero-order valence-electron chi connectivity index (χ0n) is 16.4. The molecular formula is C22H19ClN4O2S. The Balaban J connectivity index is 1.49. The average Bonchev–Trinajstić information content (AvgIpc) is 3.34. The van der Waals surface area contributed by atoms with Crippen LogP contribution >= 0.6 is 22.9 Å². The molecule has 152 valence electrons. The molecule has 6 nitrogen and oxygen atoms in total. The standard InChI is InChI=1S/C22H19ClN4O2S/c1-14-4-3-5-18(10-14)29-12-21(28)25-20-11-15(2)26-27(20)22-24-19(13-30-22)16-6-8-17(23)9-7-16/h3-11,13H,12H2,1-2H3,(H,25,28). The Morgan fingerprint density at radius 2 is 1.97 bits per heavy atom. The molecule has 1 N–H and O–H groups in total. The fourth-order valence-corrected chi connectivity index (χ4v) is 3.80. The molecule has 0 unspecified atom stereocenters. The van der Waals surface area contributed by atoms with Gasteiger partial charge < -0.3 is 10.1 Å². The first-order valence-electron chi connectivity index (χ1n) is 9.26. The molecule has 0 bridgehead atoms. The number of anilines is 1. The molecule has 2 aromatic carbocycles. The highest BCUT2D eigenvalue weighted by molar-refractivity contribution is 7.12. The van der Waals surface area contributed by atoms with Gasteiger partial charge in [-0.05, 0) is 43.7 Å². The van der Waals surface area contributed by atoms with Gasteiger partial charge in [-0.15, -0.1) is 11.3 Å². The van der Waals surface area contributed by atoms with Crippen LogP contribution in [0, 0.1) is 13.8 Å². The van der Waals surface area contributed by atoms with Gasteiger partial charge in [0.2, 0.25) is 5.13 Å². The molecule has 0 spiro atoms. The van der Waals surface area contributed by atoms with E-state index < -0.39 is 0 Å². The fourth-order valence-electron chi connectivity index (χ4n) is 2.88. The summed E-state index contributed by atoms with van der Waals surface area (Å²) in [5, 5.41) is 10.6. The van der Waals surface area contributed by atoms with Gasteiger partial charge in [0, 0.05) is 22.0 Å². The monoisotopic (exact) mass is 438 g/mol. The summed E-state index contributed by atoms with van der Waals surface area (Å²) in [7, 11) is 0. The van der Waals surface area contributed by atoms with Crippen LogP contribution in [0.1, 0.15) is 11.3 Å². The van der Waals surface area contributed by atoms with Crippen molar-refractivity contribution in [3.8, 4) is 22.1 Å². The van der Waals surface area contributed by atoms with Gasteiger partial charge in [0.05, 0.1) is 11.4 Å². The van der Waals surface area contributed by atoms with Crippen LogP contribution in [0.4, 0.5) is 5.82 Å². The van der Waals surface area contributed by atoms with Crippen LogP contribution < -0.4 is 10.1 Å². The van der Waals surface area contributed by atoms with Crippen molar-refractivity contribution in [1.82, 2.24) is 14.8 Å². The van der Waals surface area contributed by atoms with Gasteiger partial charge >= 0.3 is 0 Å². The lowest BCUT2D eigenvalue weighted by Gasteiger charge is -2.08. The van der Waals surface area contributed by atoms with Gasteiger partial charge in [0.1, 0.15) is 11.6 Å². The molecule has 0 saturated heterocycles. The summed E-state index contributed by atoms with van der Waals surface area (Å²) in [5.74, 6) is 0.928. The maximum Gasteiger partial charge on any atom is 0.263 e. The van der Waals surface area contributed by atoms with Crippen LogP contribution in [0.25, 0.3) is 16.4 Å². The highest BCUT2D eigenvalue weighted by Crippen LogP contribution is 2.27. The second kappa shape index (κ2) is 8.69. The highest BCUT2D eigenvalue weighted by Gasteiger charge is 2.15. The van der Waals surface area contributed by atoms with Gasteiger partial charge in [-0.3, -0.25) is 4.79 Å². The summed E-state index contributed by atoms with van der Waals surface area (Å²) in [6.45, 7) is 3.74. The van der Waals surface area contributed by atoms with Crippen LogP contribution in [0.15, 0.2) is 60.0 Å². The van der Waals surface area contributed by atoms with E-state index >= 15 is 0 Å². The predicted molar refractivity (Wildman–Crippen MR) is 120 cm³/mol. The Kier molecular flexibility index (Phi) is 5.83. The largest absolute Gasteiger partial charge is 0.484 e. The lowest BCUT2D eigenvalue weighted by molar-refractivity contribution is -0.118. The van der Waals surface area contributed by atoms with E-state index in [0.29, 0.717) is 21.7 Å². The van der Waals surface area contributed by atoms with Crippen LogP contribution in [0.2, 0.25) is 5.02 Å². The number of halogens is 1. The Labute approximate surface area is 183 Å². The Bertz CT molecular complexity index is 1180. The van der Waals surface area contributed by atoms with E-state index in [9.17, 15) is 4.79 Å². The molecule has 2 heterocycles. The highest BCUT2D eigenvalue weighted by atomic mass is 35.5. The van der Waals surface area contributed by atoms with E-state index in [-0.39, 0.29) is 12.5 Å². The third-order valence-electron chi connectivity index (χ3n) is 4.27. The third kappa shape index (κ3) is 4.69. The van der Waals surface area contributed by atoms with Gasteiger partial charge in [0.15, 0.2) is 6.61 Å². The van der Waals surface area contributed by atoms with E-state index in [1.165, 1.54) is 11.3 Å². The van der Waals surface area contributed by atoms with Crippen molar-refractivity contribution in [3.05, 3.63) is 76.3 Å². The van der Waals surface area contributed by atoms with Crippen molar-refractivity contribution in [3.63, 3.8) is 0 Å². The SMILES string of the molecule is Cc1cccc(OCC(=O)Nc2cc(C)nn2-c2nc(-c3ccc(Cl)cc3)cs2)c1. The Hall–Kier alpha value is -3.16. The molecule has 1 amide bonds. The molecular weight excluding hydrogens is 420 g/mol. The molecule has 0 aliphatic carbocycles. The van der Waals surface area contributed by atoms with Crippen molar-refractivity contribution in [2.75, 3.05) is 11.9 Å². The maximum atomic E-state index is 12.4. The lowest BCUT2D eigenvalue weighted by Crippen LogP contribution is -2.21. The number of aryl methyl sites for hydroxylation is 2. The number of amides is 1. The topological polar surface area (TPSA) is 69.0 Å². The molecule has 0 atom stereocenters. The summed E-state index contributed by atoms with van der Waals surface area (Å²) < 4.78 is 7.21. The summed E-state index contributed by atoms with van der Waals surface area (Å²) in [6, 6.07) is 16.9. The normalized spacial score (nSPS) is 10.8. The molecule has 4 rings (SSSR count). The summed E-state index contributed by atoms with van der Waals surface area (Å²) in [4.78, 5) is 17.1. The van der Waals surface area contributed by atoms with Crippen molar-refractivity contribution < 1.29 is 9.53 Å². The summed E-state index contributed by atoms with van der Waals surface area (Å²) >= 11 is 7.40. The van der Waals surface area contributed by atoms with E-state index in [1.54, 1.807) is 10.7 Å². The number of nitrogens with zero attached hydrogens (tertiary/aromatic N) is 3. The number of aromatic nitrogens is 3. The van der Waals surface area contributed by atoms with E-state index in [1.807, 2.05) is 67.8 Å². The van der Waals surface area contributed by atoms with E-state index in [0.717, 1.165) is 22.5 Å². The fraction of sp³-hybridized carbons (Fsp3) is 0.136. The Morgan fingerprint density at radius 3 is 2.73 bits per heavy atom. The quantitative estimate of drug-likeness (QED) is 0.444. The minimum absolute atomic E-state index is 0.0957. The van der Waals surface area contributed by atoms with Crippen LogP contribution in [-0.2, 0) is 4.79 Å². The molecule has 0 saturated carbocycles. The number of hydrogen-bond acceptors (Lipinski definition) is 5. The minimum atomic E-state index is -0.271. The molecule has 0 aliphatic heterocycles. The molecule has 8 heteroatoms. The number of nitrogens with one attached hydrogen (secondary N) is 1. The van der Waals surface area contributed by atoms with Crippen molar-refractivity contribution >= 4 is 34.7 Å². The third-order valence-corrected chi connectivity index (χ3v) is 5.34. The number of rotatable bonds is 6. The van der Waals surface area contributed by atoms with Gasteiger partial charge in [-0.2, -0.15) is 9.78 Å².